The number of rotatable bonds is 6. The SMILES string of the molecule is O=C(c1ccc(NCCCc2nc3ccccc3[nH]2)nc1)N1CCc2ccccc21. The molecule has 1 amide bonds. The van der Waals surface area contributed by atoms with Crippen molar-refractivity contribution in [3.63, 3.8) is 0 Å². The van der Waals surface area contributed by atoms with Gasteiger partial charge in [0, 0.05) is 31.4 Å². The van der Waals surface area contributed by atoms with Crippen LogP contribution in [0.15, 0.2) is 66.9 Å². The van der Waals surface area contributed by atoms with E-state index in [0.29, 0.717) is 5.56 Å². The van der Waals surface area contributed by atoms with Crippen LogP contribution in [0, 0.1) is 0 Å². The summed E-state index contributed by atoms with van der Waals surface area (Å²) in [7, 11) is 0. The predicted molar refractivity (Wildman–Crippen MR) is 119 cm³/mol. The van der Waals surface area contributed by atoms with Crippen LogP contribution in [-0.4, -0.2) is 33.9 Å². The number of aromatic amines is 1. The number of nitrogens with zero attached hydrogens (tertiary/aromatic N) is 3. The Kier molecular flexibility index (Phi) is 4.89. The molecule has 2 aromatic heterocycles. The van der Waals surface area contributed by atoms with Crippen molar-refractivity contribution in [3.05, 3.63) is 83.8 Å². The van der Waals surface area contributed by atoms with Crippen molar-refractivity contribution in [1.82, 2.24) is 15.0 Å². The maximum Gasteiger partial charge on any atom is 0.259 e. The second kappa shape index (κ2) is 7.99. The third-order valence-electron chi connectivity index (χ3n) is 5.48. The van der Waals surface area contributed by atoms with Crippen molar-refractivity contribution >= 4 is 28.4 Å². The second-order valence-corrected chi connectivity index (χ2v) is 7.50. The van der Waals surface area contributed by atoms with Crippen LogP contribution in [0.25, 0.3) is 11.0 Å². The number of anilines is 2. The number of aromatic nitrogens is 3. The van der Waals surface area contributed by atoms with E-state index in [9.17, 15) is 4.79 Å². The van der Waals surface area contributed by atoms with E-state index >= 15 is 0 Å². The van der Waals surface area contributed by atoms with Gasteiger partial charge in [-0.3, -0.25) is 4.79 Å². The minimum atomic E-state index is 0.00360. The highest BCUT2D eigenvalue weighted by Gasteiger charge is 2.25. The van der Waals surface area contributed by atoms with Gasteiger partial charge in [-0.2, -0.15) is 0 Å². The summed E-state index contributed by atoms with van der Waals surface area (Å²) in [4.78, 5) is 27.1. The van der Waals surface area contributed by atoms with Crippen LogP contribution in [0.3, 0.4) is 0 Å². The van der Waals surface area contributed by atoms with Gasteiger partial charge in [0.05, 0.1) is 16.6 Å². The average molecular weight is 397 g/mol. The minimum absolute atomic E-state index is 0.00360. The van der Waals surface area contributed by atoms with Gasteiger partial charge in [-0.05, 0) is 48.7 Å². The first kappa shape index (κ1) is 18.4. The molecule has 0 unspecified atom stereocenters. The first-order chi connectivity index (χ1) is 14.8. The number of H-pyrrole nitrogens is 1. The molecule has 0 fully saturated rings. The summed E-state index contributed by atoms with van der Waals surface area (Å²) in [5, 5.41) is 3.32. The Morgan fingerprint density at radius 1 is 1.07 bits per heavy atom. The van der Waals surface area contributed by atoms with Crippen LogP contribution in [-0.2, 0) is 12.8 Å². The summed E-state index contributed by atoms with van der Waals surface area (Å²) < 4.78 is 0. The van der Waals surface area contributed by atoms with E-state index in [2.05, 4.69) is 26.3 Å². The van der Waals surface area contributed by atoms with E-state index in [1.165, 1.54) is 5.56 Å². The van der Waals surface area contributed by atoms with Gasteiger partial charge < -0.3 is 15.2 Å². The van der Waals surface area contributed by atoms with Gasteiger partial charge in [0.1, 0.15) is 11.6 Å². The summed E-state index contributed by atoms with van der Waals surface area (Å²) >= 11 is 0. The minimum Gasteiger partial charge on any atom is -0.370 e. The molecule has 5 rings (SSSR count). The van der Waals surface area contributed by atoms with E-state index < -0.39 is 0 Å². The molecule has 6 nitrogen and oxygen atoms in total. The summed E-state index contributed by atoms with van der Waals surface area (Å²) in [6.45, 7) is 1.51. The number of para-hydroxylation sites is 3. The second-order valence-electron chi connectivity index (χ2n) is 7.50. The van der Waals surface area contributed by atoms with Crippen LogP contribution < -0.4 is 10.2 Å². The number of fused-ring (bicyclic) bond motifs is 2. The lowest BCUT2D eigenvalue weighted by Crippen LogP contribution is -2.28. The van der Waals surface area contributed by atoms with Crippen LogP contribution >= 0.6 is 0 Å². The summed E-state index contributed by atoms with van der Waals surface area (Å²) in [5.74, 6) is 1.78. The van der Waals surface area contributed by atoms with E-state index in [1.807, 2.05) is 59.5 Å². The first-order valence-corrected chi connectivity index (χ1v) is 10.3. The number of hydrogen-bond donors (Lipinski definition) is 2. The van der Waals surface area contributed by atoms with Gasteiger partial charge in [0.2, 0.25) is 0 Å². The Balaban J connectivity index is 1.15. The van der Waals surface area contributed by atoms with E-state index in [-0.39, 0.29) is 5.91 Å². The highest BCUT2D eigenvalue weighted by molar-refractivity contribution is 6.07. The maximum atomic E-state index is 12.9. The molecule has 4 aromatic rings. The Labute approximate surface area is 175 Å². The van der Waals surface area contributed by atoms with E-state index in [0.717, 1.165) is 60.7 Å². The van der Waals surface area contributed by atoms with E-state index in [1.54, 1.807) is 6.20 Å². The number of carbonyl (C=O) groups is 1. The third-order valence-corrected chi connectivity index (χ3v) is 5.48. The molecule has 0 aliphatic carbocycles. The molecular formula is C24H23N5O. The lowest BCUT2D eigenvalue weighted by atomic mass is 10.2. The number of carbonyl (C=O) groups excluding carboxylic acids is 1. The first-order valence-electron chi connectivity index (χ1n) is 10.3. The molecule has 0 radical (unpaired) electrons. The number of pyridine rings is 1. The molecular weight excluding hydrogens is 374 g/mol. The molecule has 0 saturated carbocycles. The molecule has 30 heavy (non-hydrogen) atoms. The quantitative estimate of drug-likeness (QED) is 0.478. The number of imidazole rings is 1. The number of aryl methyl sites for hydroxylation is 1. The Bertz CT molecular complexity index is 1150. The van der Waals surface area contributed by atoms with Crippen molar-refractivity contribution in [3.8, 4) is 0 Å². The van der Waals surface area contributed by atoms with Crippen LogP contribution in [0.4, 0.5) is 11.5 Å². The van der Waals surface area contributed by atoms with Crippen LogP contribution in [0.1, 0.15) is 28.2 Å². The normalized spacial score (nSPS) is 12.9. The fourth-order valence-corrected chi connectivity index (χ4v) is 3.93. The largest absolute Gasteiger partial charge is 0.370 e. The lowest BCUT2D eigenvalue weighted by molar-refractivity contribution is 0.0989. The Hall–Kier alpha value is -3.67. The van der Waals surface area contributed by atoms with Gasteiger partial charge >= 0.3 is 0 Å². The zero-order valence-electron chi connectivity index (χ0n) is 16.6. The summed E-state index contributed by atoms with van der Waals surface area (Å²) in [6.07, 6.45) is 4.37. The third kappa shape index (κ3) is 3.64. The smallest absolute Gasteiger partial charge is 0.259 e. The molecule has 6 heteroatoms. The fraction of sp³-hybridized carbons (Fsp3) is 0.208. The number of nitrogens with one attached hydrogen (secondary N) is 2. The highest BCUT2D eigenvalue weighted by Crippen LogP contribution is 2.28. The molecule has 0 spiro atoms. The van der Waals surface area contributed by atoms with Crippen molar-refractivity contribution in [2.24, 2.45) is 0 Å². The monoisotopic (exact) mass is 397 g/mol. The average Bonchev–Trinajstić information content (AvgIpc) is 3.40. The molecule has 2 N–H and O–H groups in total. The zero-order chi connectivity index (χ0) is 20.3. The molecule has 1 aliphatic heterocycles. The van der Waals surface area contributed by atoms with Gasteiger partial charge in [0.15, 0.2) is 0 Å². The molecule has 2 aromatic carbocycles. The number of hydrogen-bond acceptors (Lipinski definition) is 4. The van der Waals surface area contributed by atoms with Crippen LogP contribution in [0.2, 0.25) is 0 Å². The highest BCUT2D eigenvalue weighted by atomic mass is 16.2. The van der Waals surface area contributed by atoms with E-state index in [4.69, 9.17) is 0 Å². The van der Waals surface area contributed by atoms with Crippen molar-refractivity contribution < 1.29 is 4.79 Å². The van der Waals surface area contributed by atoms with Gasteiger partial charge in [-0.25, -0.2) is 9.97 Å². The standard InChI is InChI=1S/C24H23N5O/c30-24(29-15-13-17-6-1-4-9-21(17)29)18-11-12-22(26-16-18)25-14-5-10-23-27-19-7-2-3-8-20(19)28-23/h1-4,6-9,11-12,16H,5,10,13-15H2,(H,25,26)(H,27,28). The Morgan fingerprint density at radius 2 is 1.93 bits per heavy atom. The van der Waals surface area contributed by atoms with Gasteiger partial charge in [0.25, 0.3) is 5.91 Å². The van der Waals surface area contributed by atoms with Gasteiger partial charge in [-0.1, -0.05) is 30.3 Å². The molecule has 3 heterocycles. The van der Waals surface area contributed by atoms with Crippen molar-refractivity contribution in [2.45, 2.75) is 19.3 Å². The Morgan fingerprint density at radius 3 is 2.80 bits per heavy atom. The molecule has 150 valence electrons. The predicted octanol–water partition coefficient (Wildman–Crippen LogP) is 4.21. The van der Waals surface area contributed by atoms with Crippen molar-refractivity contribution in [2.75, 3.05) is 23.3 Å². The summed E-state index contributed by atoms with van der Waals surface area (Å²) in [5.41, 5.74) is 4.92. The molecule has 0 atom stereocenters. The summed E-state index contributed by atoms with van der Waals surface area (Å²) in [6, 6.07) is 19.9. The molecule has 0 bridgehead atoms. The van der Waals surface area contributed by atoms with Gasteiger partial charge in [-0.15, -0.1) is 0 Å². The number of amides is 1. The number of benzene rings is 2. The molecule has 0 saturated heterocycles. The lowest BCUT2D eigenvalue weighted by Gasteiger charge is -2.17. The maximum absolute atomic E-state index is 12.9. The van der Waals surface area contributed by atoms with Crippen molar-refractivity contribution in [1.29, 1.82) is 0 Å². The zero-order valence-corrected chi connectivity index (χ0v) is 16.6. The van der Waals surface area contributed by atoms with Crippen LogP contribution in [0.5, 0.6) is 0 Å². The fourth-order valence-electron chi connectivity index (χ4n) is 3.93. The molecule has 1 aliphatic rings. The topological polar surface area (TPSA) is 73.9 Å².